The minimum atomic E-state index is -3.46. The van der Waals surface area contributed by atoms with Gasteiger partial charge in [-0.3, -0.25) is 4.98 Å². The van der Waals surface area contributed by atoms with Crippen molar-refractivity contribution in [3.8, 4) is 5.75 Å². The Bertz CT molecular complexity index is 2030. The molecule has 0 saturated heterocycles. The van der Waals surface area contributed by atoms with Gasteiger partial charge in [0.25, 0.3) is 0 Å². The van der Waals surface area contributed by atoms with Gasteiger partial charge in [-0.2, -0.15) is 0 Å². The van der Waals surface area contributed by atoms with Crippen LogP contribution in [0.3, 0.4) is 0 Å². The summed E-state index contributed by atoms with van der Waals surface area (Å²) in [4.78, 5) is 19.6. The molecule has 1 aliphatic rings. The van der Waals surface area contributed by atoms with Crippen LogP contribution in [0.1, 0.15) is 30.5 Å². The molecule has 0 aliphatic carbocycles. The summed E-state index contributed by atoms with van der Waals surface area (Å²) >= 11 is 6.54. The molecule has 0 radical (unpaired) electrons. The van der Waals surface area contributed by atoms with Gasteiger partial charge in [0.15, 0.2) is 20.5 Å². The third kappa shape index (κ3) is 7.89. The molecular formula is C35H34ClFN6O4S. The van der Waals surface area contributed by atoms with Crippen molar-refractivity contribution >= 4 is 43.8 Å². The van der Waals surface area contributed by atoms with Crippen molar-refractivity contribution in [2.45, 2.75) is 36.5 Å². The number of benzene rings is 2. The van der Waals surface area contributed by atoms with Crippen molar-refractivity contribution in [1.82, 2.24) is 24.8 Å². The van der Waals surface area contributed by atoms with Crippen LogP contribution in [0.25, 0.3) is 10.9 Å². The second kappa shape index (κ2) is 14.6. The number of hydrogen-bond acceptors (Lipinski definition) is 10. The molecule has 0 bridgehead atoms. The van der Waals surface area contributed by atoms with Crippen LogP contribution in [0.15, 0.2) is 103 Å². The molecule has 1 aliphatic heterocycles. The molecule has 5 aromatic rings. The van der Waals surface area contributed by atoms with Gasteiger partial charge in [0.2, 0.25) is 0 Å². The molecular weight excluding hydrogens is 655 g/mol. The highest BCUT2D eigenvalue weighted by molar-refractivity contribution is 7.91. The largest absolute Gasteiger partial charge is 0.489 e. The Hall–Kier alpha value is -4.65. The number of nitrogens with zero attached hydrogens (tertiary/aromatic N) is 5. The predicted octanol–water partition coefficient (Wildman–Crippen LogP) is 6.85. The van der Waals surface area contributed by atoms with Crippen molar-refractivity contribution in [3.63, 3.8) is 0 Å². The van der Waals surface area contributed by atoms with Gasteiger partial charge in [0.1, 0.15) is 30.3 Å². The van der Waals surface area contributed by atoms with Crippen molar-refractivity contribution in [3.05, 3.63) is 120 Å². The molecule has 0 saturated carbocycles. The first-order chi connectivity index (χ1) is 23.2. The van der Waals surface area contributed by atoms with Gasteiger partial charge in [-0.05, 0) is 86.6 Å². The standard InChI is InChI=1S/C35H34ClFN6O4S/c1-43(16-18-48(44,45)33-9-2-3-14-38-33)15-5-12-35(13-6-17-47-35)32-21-28-30(22-39-32)40-24-41-34(28)42-27-10-11-31(29(36)20-27)46-23-25-7-4-8-26(37)19-25/h2-4,6-11,14,17,19-22,24H,5,12-13,15-16,18,23H2,1H3,(H,40,41,42). The maximum Gasteiger partial charge on any atom is 0.196 e. The lowest BCUT2D eigenvalue weighted by Crippen LogP contribution is -2.30. The smallest absolute Gasteiger partial charge is 0.196 e. The first-order valence-electron chi connectivity index (χ1n) is 15.4. The van der Waals surface area contributed by atoms with Crippen molar-refractivity contribution in [2.75, 3.05) is 31.2 Å². The SMILES string of the molecule is CN(CCCC1(c2cc3c(Nc4ccc(OCc5cccc(F)c5)c(Cl)c4)ncnc3cn2)CC=CO1)CCS(=O)(=O)c1ccccn1. The van der Waals surface area contributed by atoms with E-state index in [0.717, 1.165) is 17.5 Å². The van der Waals surface area contributed by atoms with Crippen LogP contribution in [0.5, 0.6) is 5.75 Å². The second-order valence-electron chi connectivity index (χ2n) is 11.6. The highest BCUT2D eigenvalue weighted by atomic mass is 35.5. The third-order valence-corrected chi connectivity index (χ3v) is 10.0. The summed E-state index contributed by atoms with van der Waals surface area (Å²) in [5.74, 6) is 0.706. The van der Waals surface area contributed by atoms with Crippen molar-refractivity contribution in [1.29, 1.82) is 0 Å². The number of ether oxygens (including phenoxy) is 2. The van der Waals surface area contributed by atoms with Crippen LogP contribution in [-0.2, 0) is 26.8 Å². The Morgan fingerprint density at radius 2 is 1.94 bits per heavy atom. The summed E-state index contributed by atoms with van der Waals surface area (Å²) in [6, 6.07) is 18.4. The van der Waals surface area contributed by atoms with Gasteiger partial charge in [0.05, 0.1) is 34.4 Å². The maximum atomic E-state index is 13.5. The molecule has 6 rings (SSSR count). The fourth-order valence-electron chi connectivity index (χ4n) is 5.50. The van der Waals surface area contributed by atoms with E-state index in [1.807, 2.05) is 30.2 Å². The monoisotopic (exact) mass is 688 g/mol. The first kappa shape index (κ1) is 33.3. The zero-order valence-electron chi connectivity index (χ0n) is 26.2. The summed E-state index contributed by atoms with van der Waals surface area (Å²) in [6.07, 6.45) is 10.4. The minimum absolute atomic E-state index is 0.0123. The number of pyridine rings is 2. The zero-order chi connectivity index (χ0) is 33.6. The van der Waals surface area contributed by atoms with E-state index >= 15 is 0 Å². The lowest BCUT2D eigenvalue weighted by atomic mass is 9.89. The molecule has 0 fully saturated rings. The number of fused-ring (bicyclic) bond motifs is 1. The number of sulfone groups is 1. The number of anilines is 2. The molecule has 1 N–H and O–H groups in total. The zero-order valence-corrected chi connectivity index (χ0v) is 27.8. The van der Waals surface area contributed by atoms with Crippen molar-refractivity contribution in [2.24, 2.45) is 0 Å². The number of aromatic nitrogens is 4. The molecule has 1 unspecified atom stereocenters. The second-order valence-corrected chi connectivity index (χ2v) is 14.0. The Balaban J connectivity index is 1.12. The average molecular weight is 689 g/mol. The summed E-state index contributed by atoms with van der Waals surface area (Å²) in [5.41, 5.74) is 2.12. The fourth-order valence-corrected chi connectivity index (χ4v) is 7.01. The third-order valence-electron chi connectivity index (χ3n) is 8.12. The van der Waals surface area contributed by atoms with Gasteiger partial charge in [-0.15, -0.1) is 0 Å². The summed E-state index contributed by atoms with van der Waals surface area (Å²) < 4.78 is 50.9. The highest BCUT2D eigenvalue weighted by Crippen LogP contribution is 2.39. The van der Waals surface area contributed by atoms with Crippen LogP contribution < -0.4 is 10.1 Å². The number of halogens is 2. The molecule has 248 valence electrons. The maximum absolute atomic E-state index is 13.5. The minimum Gasteiger partial charge on any atom is -0.489 e. The molecule has 13 heteroatoms. The lowest BCUT2D eigenvalue weighted by molar-refractivity contribution is 0.0244. The van der Waals surface area contributed by atoms with Gasteiger partial charge in [-0.1, -0.05) is 29.8 Å². The van der Waals surface area contributed by atoms with E-state index in [0.29, 0.717) is 59.3 Å². The quantitative estimate of drug-likeness (QED) is 0.133. The number of rotatable bonds is 14. The van der Waals surface area contributed by atoms with Gasteiger partial charge in [-0.25, -0.2) is 27.8 Å². The van der Waals surface area contributed by atoms with E-state index < -0.39 is 15.4 Å². The van der Waals surface area contributed by atoms with Gasteiger partial charge in [0, 0.05) is 30.2 Å². The Morgan fingerprint density at radius 1 is 1.04 bits per heavy atom. The van der Waals surface area contributed by atoms with Crippen LogP contribution >= 0.6 is 11.6 Å². The Morgan fingerprint density at radius 3 is 2.71 bits per heavy atom. The van der Waals surface area contributed by atoms with Gasteiger partial charge < -0.3 is 19.7 Å². The van der Waals surface area contributed by atoms with Crippen molar-refractivity contribution < 1.29 is 22.3 Å². The fraction of sp³-hybridized carbons (Fsp3) is 0.257. The van der Waals surface area contributed by atoms with E-state index in [1.165, 1.54) is 30.7 Å². The number of hydrogen-bond donors (Lipinski definition) is 1. The van der Waals surface area contributed by atoms with Crippen LogP contribution in [0, 0.1) is 5.82 Å². The van der Waals surface area contributed by atoms with Crippen LogP contribution in [0.2, 0.25) is 5.02 Å². The van der Waals surface area contributed by atoms with Crippen LogP contribution in [-0.4, -0.2) is 59.1 Å². The highest BCUT2D eigenvalue weighted by Gasteiger charge is 2.37. The van der Waals surface area contributed by atoms with Crippen LogP contribution in [0.4, 0.5) is 15.9 Å². The molecule has 1 atom stereocenters. The summed E-state index contributed by atoms with van der Waals surface area (Å²) in [6.45, 7) is 1.24. The molecule has 4 heterocycles. The van der Waals surface area contributed by atoms with E-state index in [1.54, 1.807) is 48.9 Å². The van der Waals surface area contributed by atoms with E-state index in [4.69, 9.17) is 26.1 Å². The Kier molecular flexibility index (Phi) is 10.1. The summed E-state index contributed by atoms with van der Waals surface area (Å²) in [7, 11) is -1.55. The molecule has 3 aromatic heterocycles. The molecule has 2 aromatic carbocycles. The average Bonchev–Trinajstić information content (AvgIpc) is 3.57. The molecule has 0 amide bonds. The first-order valence-corrected chi connectivity index (χ1v) is 17.4. The summed E-state index contributed by atoms with van der Waals surface area (Å²) in [5, 5.41) is 4.58. The normalized spacial score (nSPS) is 15.9. The van der Waals surface area contributed by atoms with E-state index in [2.05, 4.69) is 20.3 Å². The molecule has 48 heavy (non-hydrogen) atoms. The van der Waals surface area contributed by atoms with E-state index in [-0.39, 0.29) is 23.2 Å². The van der Waals surface area contributed by atoms with Gasteiger partial charge >= 0.3 is 0 Å². The van der Waals surface area contributed by atoms with E-state index in [9.17, 15) is 12.8 Å². The molecule has 10 nitrogen and oxygen atoms in total. The predicted molar refractivity (Wildman–Crippen MR) is 182 cm³/mol. The molecule has 0 spiro atoms. The topological polar surface area (TPSA) is 119 Å². The lowest BCUT2D eigenvalue weighted by Gasteiger charge is -2.29. The Labute approximate surface area is 283 Å². The number of nitrogens with one attached hydrogen (secondary N) is 1.